The van der Waals surface area contributed by atoms with Crippen LogP contribution in [0, 0.1) is 0 Å². The highest BCUT2D eigenvalue weighted by Crippen LogP contribution is 2.29. The van der Waals surface area contributed by atoms with Crippen molar-refractivity contribution in [2.24, 2.45) is 0 Å². The minimum absolute atomic E-state index is 0.0237. The Bertz CT molecular complexity index is 596. The summed E-state index contributed by atoms with van der Waals surface area (Å²) in [4.78, 5) is 12.3. The molecule has 1 amide bonds. The molecule has 4 heteroatoms. The zero-order valence-electron chi connectivity index (χ0n) is 10.4. The van der Waals surface area contributed by atoms with Crippen molar-refractivity contribution in [3.05, 3.63) is 59.7 Å². The van der Waals surface area contributed by atoms with Gasteiger partial charge in [-0.15, -0.1) is 0 Å². The third-order valence-corrected chi connectivity index (χ3v) is 3.28. The van der Waals surface area contributed by atoms with Crippen LogP contribution in [0.4, 0.5) is 5.69 Å². The Morgan fingerprint density at radius 3 is 2.47 bits per heavy atom. The van der Waals surface area contributed by atoms with Gasteiger partial charge in [0.2, 0.25) is 0 Å². The lowest BCUT2D eigenvalue weighted by atomic mass is 10.1. The molecule has 1 unspecified atom stereocenters. The molecular formula is C15H14BrNO2. The summed E-state index contributed by atoms with van der Waals surface area (Å²) < 4.78 is 0. The molecule has 2 aromatic carbocycles. The minimum Gasteiger partial charge on any atom is -0.507 e. The molecule has 2 N–H and O–H groups in total. The number of carbonyl (C=O) groups is 1. The van der Waals surface area contributed by atoms with Crippen LogP contribution in [0.1, 0.15) is 27.7 Å². The molecule has 0 saturated heterocycles. The number of hydrogen-bond acceptors (Lipinski definition) is 2. The van der Waals surface area contributed by atoms with E-state index in [2.05, 4.69) is 21.2 Å². The number of nitrogens with one attached hydrogen (secondary N) is 1. The number of carbonyl (C=O) groups excluding carboxylic acids is 1. The normalized spacial score (nSPS) is 11.9. The van der Waals surface area contributed by atoms with Crippen LogP contribution >= 0.6 is 15.9 Å². The van der Waals surface area contributed by atoms with Crippen LogP contribution < -0.4 is 5.32 Å². The van der Waals surface area contributed by atoms with E-state index in [4.69, 9.17) is 0 Å². The van der Waals surface area contributed by atoms with Gasteiger partial charge < -0.3 is 10.4 Å². The fraction of sp³-hybridized carbons (Fsp3) is 0.133. The van der Waals surface area contributed by atoms with Gasteiger partial charge in [0.25, 0.3) is 5.91 Å². The van der Waals surface area contributed by atoms with Crippen LogP contribution in [0.25, 0.3) is 0 Å². The fourth-order valence-corrected chi connectivity index (χ4v) is 2.21. The van der Waals surface area contributed by atoms with Crippen molar-refractivity contribution < 1.29 is 9.90 Å². The van der Waals surface area contributed by atoms with Gasteiger partial charge in [0, 0.05) is 10.5 Å². The van der Waals surface area contributed by atoms with E-state index in [9.17, 15) is 9.90 Å². The molecule has 0 saturated carbocycles. The predicted molar refractivity (Wildman–Crippen MR) is 79.8 cm³/mol. The molecule has 0 fully saturated rings. The Hall–Kier alpha value is -1.81. The Kier molecular flexibility index (Phi) is 4.22. The molecule has 19 heavy (non-hydrogen) atoms. The van der Waals surface area contributed by atoms with Crippen LogP contribution in [-0.4, -0.2) is 11.0 Å². The quantitative estimate of drug-likeness (QED) is 0.837. The number of phenolic OH excluding ortho intramolecular Hbond substituents is 1. The van der Waals surface area contributed by atoms with Gasteiger partial charge in [0.15, 0.2) is 0 Å². The molecule has 0 spiro atoms. The van der Waals surface area contributed by atoms with Crippen LogP contribution in [0.3, 0.4) is 0 Å². The average molecular weight is 320 g/mol. The number of benzene rings is 2. The topological polar surface area (TPSA) is 49.3 Å². The Morgan fingerprint density at radius 1 is 1.16 bits per heavy atom. The number of alkyl halides is 1. The Labute approximate surface area is 120 Å². The first-order chi connectivity index (χ1) is 9.09. The molecule has 98 valence electrons. The molecule has 0 aliphatic rings. The van der Waals surface area contributed by atoms with E-state index in [0.717, 1.165) is 11.3 Å². The second-order valence-corrected chi connectivity index (χ2v) is 5.55. The number of halogens is 1. The fourth-order valence-electron chi connectivity index (χ4n) is 1.81. The van der Waals surface area contributed by atoms with Gasteiger partial charge >= 0.3 is 0 Å². The van der Waals surface area contributed by atoms with Gasteiger partial charge in [-0.05, 0) is 30.7 Å². The number of phenols is 1. The van der Waals surface area contributed by atoms with Crippen LogP contribution in [0.15, 0.2) is 48.5 Å². The smallest absolute Gasteiger partial charge is 0.259 e. The molecule has 0 aliphatic heterocycles. The standard InChI is InChI=1S/C15H14BrNO2/c1-10(16)11-6-2-4-8-13(11)17-15(19)12-7-3-5-9-14(12)18/h2-10,18H,1H3,(H,17,19). The van der Waals surface area contributed by atoms with Gasteiger partial charge in [-0.3, -0.25) is 4.79 Å². The molecule has 0 heterocycles. The van der Waals surface area contributed by atoms with Gasteiger partial charge in [0.1, 0.15) is 5.75 Å². The van der Waals surface area contributed by atoms with Gasteiger partial charge in [-0.1, -0.05) is 46.3 Å². The lowest BCUT2D eigenvalue weighted by Crippen LogP contribution is -2.13. The summed E-state index contributed by atoms with van der Waals surface area (Å²) in [6.45, 7) is 1.99. The third kappa shape index (κ3) is 3.15. The average Bonchev–Trinajstić information content (AvgIpc) is 2.39. The monoisotopic (exact) mass is 319 g/mol. The first-order valence-corrected chi connectivity index (χ1v) is 6.83. The number of rotatable bonds is 3. The van der Waals surface area contributed by atoms with Crippen LogP contribution in [0.2, 0.25) is 0 Å². The van der Waals surface area contributed by atoms with E-state index in [1.165, 1.54) is 6.07 Å². The van der Waals surface area contributed by atoms with Crippen LogP contribution in [-0.2, 0) is 0 Å². The first-order valence-electron chi connectivity index (χ1n) is 5.92. The van der Waals surface area contributed by atoms with E-state index in [0.29, 0.717) is 0 Å². The number of hydrogen-bond donors (Lipinski definition) is 2. The van der Waals surface area contributed by atoms with Crippen molar-refractivity contribution >= 4 is 27.5 Å². The Morgan fingerprint density at radius 2 is 1.79 bits per heavy atom. The van der Waals surface area contributed by atoms with E-state index in [1.807, 2.05) is 31.2 Å². The molecule has 0 aromatic heterocycles. The van der Waals surface area contributed by atoms with E-state index in [-0.39, 0.29) is 22.0 Å². The maximum Gasteiger partial charge on any atom is 0.259 e. The lowest BCUT2D eigenvalue weighted by molar-refractivity contribution is 0.102. The number of aromatic hydroxyl groups is 1. The number of anilines is 1. The summed E-state index contributed by atoms with van der Waals surface area (Å²) in [7, 11) is 0. The summed E-state index contributed by atoms with van der Waals surface area (Å²) >= 11 is 3.49. The van der Waals surface area contributed by atoms with Gasteiger partial charge in [-0.25, -0.2) is 0 Å². The summed E-state index contributed by atoms with van der Waals surface area (Å²) in [5.74, 6) is -0.344. The number of para-hydroxylation sites is 2. The summed E-state index contributed by atoms with van der Waals surface area (Å²) in [5, 5.41) is 12.5. The zero-order chi connectivity index (χ0) is 13.8. The van der Waals surface area contributed by atoms with E-state index >= 15 is 0 Å². The summed E-state index contributed by atoms with van der Waals surface area (Å²) in [6, 6.07) is 14.0. The van der Waals surface area contributed by atoms with Crippen molar-refractivity contribution in [2.45, 2.75) is 11.8 Å². The molecule has 2 rings (SSSR count). The minimum atomic E-state index is -0.321. The van der Waals surface area contributed by atoms with Crippen molar-refractivity contribution in [3.63, 3.8) is 0 Å². The number of amides is 1. The second-order valence-electron chi connectivity index (χ2n) is 4.17. The molecule has 0 aliphatic carbocycles. The second kappa shape index (κ2) is 5.89. The van der Waals surface area contributed by atoms with E-state index in [1.54, 1.807) is 18.2 Å². The van der Waals surface area contributed by atoms with Gasteiger partial charge in [-0.2, -0.15) is 0 Å². The molecule has 3 nitrogen and oxygen atoms in total. The first kappa shape index (κ1) is 13.6. The lowest BCUT2D eigenvalue weighted by Gasteiger charge is -2.13. The third-order valence-electron chi connectivity index (χ3n) is 2.79. The largest absolute Gasteiger partial charge is 0.507 e. The zero-order valence-corrected chi connectivity index (χ0v) is 12.0. The SMILES string of the molecule is CC(Br)c1ccccc1NC(=O)c1ccccc1O. The van der Waals surface area contributed by atoms with Crippen molar-refractivity contribution in [2.75, 3.05) is 5.32 Å². The highest BCUT2D eigenvalue weighted by atomic mass is 79.9. The maximum absolute atomic E-state index is 12.1. The predicted octanol–water partition coefficient (Wildman–Crippen LogP) is 4.10. The molecule has 2 aromatic rings. The summed E-state index contributed by atoms with van der Waals surface area (Å²) in [5.41, 5.74) is 1.99. The Balaban J connectivity index is 2.27. The molecule has 0 bridgehead atoms. The van der Waals surface area contributed by atoms with Crippen molar-refractivity contribution in [1.29, 1.82) is 0 Å². The van der Waals surface area contributed by atoms with Crippen LogP contribution in [0.5, 0.6) is 5.75 Å². The maximum atomic E-state index is 12.1. The van der Waals surface area contributed by atoms with E-state index < -0.39 is 0 Å². The molecular weight excluding hydrogens is 306 g/mol. The highest BCUT2D eigenvalue weighted by Gasteiger charge is 2.13. The molecule has 1 atom stereocenters. The summed E-state index contributed by atoms with van der Waals surface area (Å²) in [6.07, 6.45) is 0. The van der Waals surface area contributed by atoms with Gasteiger partial charge in [0.05, 0.1) is 5.56 Å². The van der Waals surface area contributed by atoms with Crippen molar-refractivity contribution in [1.82, 2.24) is 0 Å². The highest BCUT2D eigenvalue weighted by molar-refractivity contribution is 9.09. The molecule has 0 radical (unpaired) electrons. The van der Waals surface area contributed by atoms with Crippen molar-refractivity contribution in [3.8, 4) is 5.75 Å².